The molecule has 0 atom stereocenters. The maximum Gasteiger partial charge on any atom is 0.222 e. The number of halogens is 1. The zero-order valence-electron chi connectivity index (χ0n) is 10.2. The number of aliphatic hydroxyl groups excluding tert-OH is 1. The summed E-state index contributed by atoms with van der Waals surface area (Å²) >= 11 is 5.67. The van der Waals surface area contributed by atoms with Crippen LogP contribution in [-0.4, -0.2) is 22.2 Å². The topological polar surface area (TPSA) is 81.3 Å². The molecule has 2 aromatic rings. The van der Waals surface area contributed by atoms with Crippen LogP contribution in [0.1, 0.15) is 11.3 Å². The van der Waals surface area contributed by atoms with Gasteiger partial charge in [0.05, 0.1) is 18.5 Å². The summed E-state index contributed by atoms with van der Waals surface area (Å²) in [5, 5.41) is 10.1. The normalized spacial score (nSPS) is 11.4. The first-order chi connectivity index (χ1) is 9.10. The lowest BCUT2D eigenvalue weighted by atomic mass is 10.1. The van der Waals surface area contributed by atoms with Crippen LogP contribution in [0.2, 0.25) is 5.28 Å². The molecule has 1 aromatic heterocycles. The van der Waals surface area contributed by atoms with Crippen molar-refractivity contribution in [2.24, 2.45) is 0 Å². The van der Waals surface area contributed by atoms with E-state index in [0.29, 0.717) is 22.7 Å². The fraction of sp³-hybridized carbons (Fsp3) is 0.0769. The highest BCUT2D eigenvalue weighted by Gasteiger charge is 2.05. The van der Waals surface area contributed by atoms with Gasteiger partial charge in [0, 0.05) is 17.8 Å². The predicted octanol–water partition coefficient (Wildman–Crippen LogP) is 2.78. The third-order valence-electron chi connectivity index (χ3n) is 2.46. The van der Waals surface area contributed by atoms with Gasteiger partial charge in [-0.3, -0.25) is 0 Å². The maximum atomic E-state index is 10.0. The second-order valence-electron chi connectivity index (χ2n) is 3.74. The number of aliphatic hydroxyl groups is 1. The molecule has 3 N–H and O–H groups in total. The molecule has 2 rings (SSSR count). The van der Waals surface area contributed by atoms with Crippen LogP contribution >= 0.6 is 11.6 Å². The quantitative estimate of drug-likeness (QED) is 0.512. The van der Waals surface area contributed by atoms with Crippen molar-refractivity contribution in [2.45, 2.75) is 0 Å². The lowest BCUT2D eigenvalue weighted by Crippen LogP contribution is -1.94. The number of rotatable bonds is 3. The largest absolute Gasteiger partial charge is 0.507 e. The van der Waals surface area contributed by atoms with Gasteiger partial charge in [-0.1, -0.05) is 0 Å². The lowest BCUT2D eigenvalue weighted by Gasteiger charge is -2.06. The van der Waals surface area contributed by atoms with Crippen molar-refractivity contribution in [3.63, 3.8) is 0 Å². The maximum absolute atomic E-state index is 10.0. The van der Waals surface area contributed by atoms with Gasteiger partial charge in [0.2, 0.25) is 5.28 Å². The molecule has 0 radical (unpaired) electrons. The van der Waals surface area contributed by atoms with Crippen LogP contribution in [-0.2, 0) is 0 Å². The number of methoxy groups -OCH3 is 1. The number of hydrogen-bond acceptors (Lipinski definition) is 5. The van der Waals surface area contributed by atoms with E-state index in [2.05, 4.69) is 9.97 Å². The number of ether oxygens (including phenoxy) is 1. The molecule has 0 spiro atoms. The average Bonchev–Trinajstić information content (AvgIpc) is 2.38. The van der Waals surface area contributed by atoms with E-state index in [0.717, 1.165) is 0 Å². The van der Waals surface area contributed by atoms with E-state index in [-0.39, 0.29) is 11.0 Å². The Balaban J connectivity index is 2.33. The minimum absolute atomic E-state index is 0.0316. The number of nitrogens with two attached hydrogens (primary N) is 1. The van der Waals surface area contributed by atoms with Gasteiger partial charge in [-0.05, 0) is 35.9 Å². The number of hydrogen-bond donors (Lipinski definition) is 2. The van der Waals surface area contributed by atoms with Crippen LogP contribution < -0.4 is 10.5 Å². The molecule has 5 nitrogen and oxygen atoms in total. The third kappa shape index (κ3) is 3.14. The molecule has 0 unspecified atom stereocenters. The fourth-order valence-corrected chi connectivity index (χ4v) is 1.70. The van der Waals surface area contributed by atoms with E-state index in [1.165, 1.54) is 19.4 Å². The Morgan fingerprint density at radius 1 is 1.42 bits per heavy atom. The van der Waals surface area contributed by atoms with Crippen LogP contribution in [0.3, 0.4) is 0 Å². The zero-order chi connectivity index (χ0) is 13.8. The standard InChI is InChI=1S/C13H12ClN3O2/c1-19-12-3-2-8(6-10(12)15)11(18)7-9-4-5-16-13(14)17-9/h2-7,18H,15H2,1H3/b11-7-. The molecule has 19 heavy (non-hydrogen) atoms. The molecule has 98 valence electrons. The number of aromatic nitrogens is 2. The molecular formula is C13H12ClN3O2. The van der Waals surface area contributed by atoms with Crippen molar-refractivity contribution >= 4 is 29.1 Å². The van der Waals surface area contributed by atoms with E-state index in [1.54, 1.807) is 24.3 Å². The minimum atomic E-state index is 0.0316. The summed E-state index contributed by atoms with van der Waals surface area (Å²) < 4.78 is 5.05. The molecule has 0 aliphatic rings. The Hall–Kier alpha value is -2.27. The predicted molar refractivity (Wildman–Crippen MR) is 74.9 cm³/mol. The first-order valence-corrected chi connectivity index (χ1v) is 5.81. The molecule has 0 saturated carbocycles. The van der Waals surface area contributed by atoms with Crippen molar-refractivity contribution in [1.82, 2.24) is 9.97 Å². The van der Waals surface area contributed by atoms with Crippen molar-refractivity contribution in [2.75, 3.05) is 12.8 Å². The Labute approximate surface area is 115 Å². The first kappa shape index (κ1) is 13.2. The van der Waals surface area contributed by atoms with Gasteiger partial charge in [-0.25, -0.2) is 9.97 Å². The van der Waals surface area contributed by atoms with E-state index in [1.807, 2.05) is 0 Å². The van der Waals surface area contributed by atoms with Crippen LogP contribution in [0.4, 0.5) is 5.69 Å². The van der Waals surface area contributed by atoms with Gasteiger partial charge in [0.25, 0.3) is 0 Å². The molecule has 0 fully saturated rings. The fourth-order valence-electron chi connectivity index (χ4n) is 1.55. The second-order valence-corrected chi connectivity index (χ2v) is 4.07. The van der Waals surface area contributed by atoms with Crippen LogP contribution in [0.5, 0.6) is 5.75 Å². The molecule has 0 aliphatic heterocycles. The number of nitrogens with zero attached hydrogens (tertiary/aromatic N) is 2. The highest BCUT2D eigenvalue weighted by molar-refractivity contribution is 6.28. The summed E-state index contributed by atoms with van der Waals surface area (Å²) in [4.78, 5) is 7.72. The second kappa shape index (κ2) is 5.58. The van der Waals surface area contributed by atoms with Crippen LogP contribution in [0.15, 0.2) is 30.5 Å². The summed E-state index contributed by atoms with van der Waals surface area (Å²) in [5.41, 5.74) is 7.29. The number of anilines is 1. The van der Waals surface area contributed by atoms with Crippen LogP contribution in [0.25, 0.3) is 11.8 Å². The van der Waals surface area contributed by atoms with Gasteiger partial charge >= 0.3 is 0 Å². The molecule has 0 aliphatic carbocycles. The zero-order valence-corrected chi connectivity index (χ0v) is 10.9. The molecule has 1 heterocycles. The van der Waals surface area contributed by atoms with E-state index < -0.39 is 0 Å². The van der Waals surface area contributed by atoms with Gasteiger partial charge in [-0.2, -0.15) is 0 Å². The molecule has 0 amide bonds. The Bertz CT molecular complexity index is 629. The van der Waals surface area contributed by atoms with Crippen molar-refractivity contribution in [3.8, 4) is 5.75 Å². The van der Waals surface area contributed by atoms with E-state index >= 15 is 0 Å². The van der Waals surface area contributed by atoms with Gasteiger partial charge < -0.3 is 15.6 Å². The van der Waals surface area contributed by atoms with Crippen molar-refractivity contribution < 1.29 is 9.84 Å². The van der Waals surface area contributed by atoms with Crippen LogP contribution in [0, 0.1) is 0 Å². The van der Waals surface area contributed by atoms with Gasteiger partial charge in [0.1, 0.15) is 11.5 Å². The summed E-state index contributed by atoms with van der Waals surface area (Å²) in [7, 11) is 1.53. The molecule has 6 heteroatoms. The van der Waals surface area contributed by atoms with E-state index in [4.69, 9.17) is 22.1 Å². The van der Waals surface area contributed by atoms with Gasteiger partial charge in [-0.15, -0.1) is 0 Å². The van der Waals surface area contributed by atoms with Crippen molar-refractivity contribution in [1.29, 1.82) is 0 Å². The molecule has 1 aromatic carbocycles. The Kier molecular flexibility index (Phi) is 3.87. The highest BCUT2D eigenvalue weighted by atomic mass is 35.5. The smallest absolute Gasteiger partial charge is 0.222 e. The first-order valence-electron chi connectivity index (χ1n) is 5.43. The summed E-state index contributed by atoms with van der Waals surface area (Å²) in [6.45, 7) is 0. The summed E-state index contributed by atoms with van der Waals surface area (Å²) in [5.74, 6) is 0.589. The minimum Gasteiger partial charge on any atom is -0.507 e. The lowest BCUT2D eigenvalue weighted by molar-refractivity contribution is 0.417. The summed E-state index contributed by atoms with van der Waals surface area (Å²) in [6.07, 6.45) is 2.99. The van der Waals surface area contributed by atoms with Crippen molar-refractivity contribution in [3.05, 3.63) is 47.0 Å². The number of benzene rings is 1. The molecule has 0 saturated heterocycles. The Morgan fingerprint density at radius 3 is 2.84 bits per heavy atom. The summed E-state index contributed by atoms with van der Waals surface area (Å²) in [6, 6.07) is 6.63. The monoisotopic (exact) mass is 277 g/mol. The average molecular weight is 278 g/mol. The molecular weight excluding hydrogens is 266 g/mol. The third-order valence-corrected chi connectivity index (χ3v) is 2.64. The van der Waals surface area contributed by atoms with Gasteiger partial charge in [0.15, 0.2) is 0 Å². The Morgan fingerprint density at radius 2 is 2.21 bits per heavy atom. The SMILES string of the molecule is COc1ccc(/C(O)=C/c2ccnc(Cl)n2)cc1N. The molecule has 0 bridgehead atoms. The highest BCUT2D eigenvalue weighted by Crippen LogP contribution is 2.25. The number of nitrogen functional groups attached to an aromatic ring is 1. The van der Waals surface area contributed by atoms with E-state index in [9.17, 15) is 5.11 Å².